The molecule has 1 rings (SSSR count). The molecule has 0 atom stereocenters. The Balaban J connectivity index is 2.60. The van der Waals surface area contributed by atoms with Gasteiger partial charge >= 0.3 is 0 Å². The van der Waals surface area contributed by atoms with Gasteiger partial charge in [0.1, 0.15) is 0 Å². The smallest absolute Gasteiger partial charge is 0.246 e. The molecule has 0 radical (unpaired) electrons. The molecule has 2 N–H and O–H groups in total. The van der Waals surface area contributed by atoms with Gasteiger partial charge in [-0.3, -0.25) is 9.59 Å². The van der Waals surface area contributed by atoms with Gasteiger partial charge in [-0.2, -0.15) is 0 Å². The number of nitrogens with two attached hydrogens (primary N) is 1. The molecular weight excluding hydrogens is 266 g/mol. The lowest BCUT2D eigenvalue weighted by molar-refractivity contribution is -0.136. The van der Waals surface area contributed by atoms with Crippen molar-refractivity contribution in [2.24, 2.45) is 0 Å². The van der Waals surface area contributed by atoms with E-state index in [9.17, 15) is 9.59 Å². The molecule has 21 heavy (non-hydrogen) atoms. The summed E-state index contributed by atoms with van der Waals surface area (Å²) in [5, 5.41) is 0. The van der Waals surface area contributed by atoms with Crippen LogP contribution in [0.25, 0.3) is 6.08 Å². The maximum absolute atomic E-state index is 12.0. The Morgan fingerprint density at radius 2 is 1.90 bits per heavy atom. The van der Waals surface area contributed by atoms with Crippen molar-refractivity contribution in [1.29, 1.82) is 0 Å². The van der Waals surface area contributed by atoms with Crippen LogP contribution in [0.15, 0.2) is 30.3 Å². The van der Waals surface area contributed by atoms with Gasteiger partial charge in [0.05, 0.1) is 6.54 Å². The van der Waals surface area contributed by atoms with E-state index < -0.39 is 0 Å². The second kappa shape index (κ2) is 8.09. The minimum Gasteiger partial charge on any atom is -0.399 e. The largest absolute Gasteiger partial charge is 0.399 e. The second-order valence-corrected chi connectivity index (χ2v) is 4.76. The monoisotopic (exact) mass is 289 g/mol. The highest BCUT2D eigenvalue weighted by Crippen LogP contribution is 2.08. The predicted octanol–water partition coefficient (Wildman–Crippen LogP) is 1.61. The fraction of sp³-hybridized carbons (Fsp3) is 0.375. The van der Waals surface area contributed by atoms with Gasteiger partial charge in [-0.05, 0) is 37.6 Å². The molecule has 1 aromatic rings. The first kappa shape index (κ1) is 16.8. The average molecular weight is 289 g/mol. The molecule has 5 heteroatoms. The van der Waals surface area contributed by atoms with Gasteiger partial charge in [0.25, 0.3) is 0 Å². The van der Waals surface area contributed by atoms with Gasteiger partial charge in [0, 0.05) is 31.9 Å². The molecule has 2 amide bonds. The van der Waals surface area contributed by atoms with E-state index in [0.717, 1.165) is 5.56 Å². The van der Waals surface area contributed by atoms with Crippen LogP contribution in [0.2, 0.25) is 0 Å². The average Bonchev–Trinajstić information content (AvgIpc) is 2.46. The molecule has 5 nitrogen and oxygen atoms in total. The van der Waals surface area contributed by atoms with E-state index in [2.05, 4.69) is 0 Å². The number of rotatable bonds is 6. The van der Waals surface area contributed by atoms with Crippen LogP contribution in [0.1, 0.15) is 19.4 Å². The van der Waals surface area contributed by atoms with E-state index in [-0.39, 0.29) is 18.4 Å². The third-order valence-electron chi connectivity index (χ3n) is 3.19. The van der Waals surface area contributed by atoms with Gasteiger partial charge in [-0.1, -0.05) is 12.1 Å². The number of hydrogen-bond acceptors (Lipinski definition) is 3. The molecule has 0 bridgehead atoms. The third kappa shape index (κ3) is 5.30. The second-order valence-electron chi connectivity index (χ2n) is 4.76. The van der Waals surface area contributed by atoms with Crippen molar-refractivity contribution >= 4 is 23.6 Å². The van der Waals surface area contributed by atoms with Gasteiger partial charge in [0.2, 0.25) is 11.8 Å². The summed E-state index contributed by atoms with van der Waals surface area (Å²) in [5.74, 6) is -0.258. The van der Waals surface area contributed by atoms with Crippen molar-refractivity contribution in [1.82, 2.24) is 9.80 Å². The molecule has 114 valence electrons. The van der Waals surface area contributed by atoms with Crippen LogP contribution in [0.4, 0.5) is 5.69 Å². The SMILES string of the molecule is CCN(CC)C(=O)CN(C)C(=O)/C=C/c1cccc(N)c1. The lowest BCUT2D eigenvalue weighted by atomic mass is 10.2. The predicted molar refractivity (Wildman–Crippen MR) is 85.5 cm³/mol. The summed E-state index contributed by atoms with van der Waals surface area (Å²) in [6.07, 6.45) is 3.14. The lowest BCUT2D eigenvalue weighted by Gasteiger charge is -2.22. The van der Waals surface area contributed by atoms with Gasteiger partial charge < -0.3 is 15.5 Å². The Morgan fingerprint density at radius 1 is 1.24 bits per heavy atom. The highest BCUT2D eigenvalue weighted by molar-refractivity contribution is 5.94. The zero-order valence-electron chi connectivity index (χ0n) is 12.9. The maximum Gasteiger partial charge on any atom is 0.246 e. The molecule has 0 aliphatic carbocycles. The number of benzene rings is 1. The number of amides is 2. The number of carbonyl (C=O) groups excluding carboxylic acids is 2. The van der Waals surface area contributed by atoms with Gasteiger partial charge in [-0.25, -0.2) is 0 Å². The normalized spacial score (nSPS) is 10.6. The minimum absolute atomic E-state index is 0.0480. The zero-order chi connectivity index (χ0) is 15.8. The van der Waals surface area contributed by atoms with Crippen molar-refractivity contribution in [2.75, 3.05) is 32.4 Å². The Morgan fingerprint density at radius 3 is 2.48 bits per heavy atom. The van der Waals surface area contributed by atoms with Crippen LogP contribution in [0.5, 0.6) is 0 Å². The minimum atomic E-state index is -0.210. The van der Waals surface area contributed by atoms with E-state index in [4.69, 9.17) is 5.73 Å². The maximum atomic E-state index is 12.0. The van der Waals surface area contributed by atoms with Crippen molar-refractivity contribution < 1.29 is 9.59 Å². The number of nitrogens with zero attached hydrogens (tertiary/aromatic N) is 2. The van der Waals surface area contributed by atoms with Crippen LogP contribution in [0, 0.1) is 0 Å². The number of hydrogen-bond donors (Lipinski definition) is 1. The van der Waals surface area contributed by atoms with E-state index >= 15 is 0 Å². The highest BCUT2D eigenvalue weighted by Gasteiger charge is 2.14. The molecule has 0 unspecified atom stereocenters. The van der Waals surface area contributed by atoms with E-state index in [0.29, 0.717) is 18.8 Å². The van der Waals surface area contributed by atoms with E-state index in [1.807, 2.05) is 26.0 Å². The first-order chi connectivity index (χ1) is 9.97. The number of likely N-dealkylation sites (N-methyl/N-ethyl adjacent to an activating group) is 2. The fourth-order valence-corrected chi connectivity index (χ4v) is 1.91. The van der Waals surface area contributed by atoms with Crippen molar-refractivity contribution in [3.05, 3.63) is 35.9 Å². The lowest BCUT2D eigenvalue weighted by Crippen LogP contribution is -2.40. The zero-order valence-corrected chi connectivity index (χ0v) is 12.9. The number of carbonyl (C=O) groups is 2. The first-order valence-electron chi connectivity index (χ1n) is 7.04. The van der Waals surface area contributed by atoms with Gasteiger partial charge in [-0.15, -0.1) is 0 Å². The molecule has 0 aliphatic heterocycles. The Bertz CT molecular complexity index is 522. The van der Waals surface area contributed by atoms with Crippen LogP contribution in [-0.4, -0.2) is 48.3 Å². The third-order valence-corrected chi connectivity index (χ3v) is 3.19. The Hall–Kier alpha value is -2.30. The number of nitrogen functional groups attached to an aromatic ring is 1. The van der Waals surface area contributed by atoms with Gasteiger partial charge in [0.15, 0.2) is 0 Å². The Labute approximate surface area is 126 Å². The van der Waals surface area contributed by atoms with E-state index in [1.165, 1.54) is 11.0 Å². The molecule has 0 saturated heterocycles. The molecule has 0 fully saturated rings. The fourth-order valence-electron chi connectivity index (χ4n) is 1.91. The van der Waals surface area contributed by atoms with Crippen molar-refractivity contribution in [3.63, 3.8) is 0 Å². The standard InChI is InChI=1S/C16H23N3O2/c1-4-19(5-2)16(21)12-18(3)15(20)10-9-13-7-6-8-14(17)11-13/h6-11H,4-5,12,17H2,1-3H3/b10-9+. The Kier molecular flexibility index (Phi) is 6.46. The summed E-state index contributed by atoms with van der Waals surface area (Å²) in [5.41, 5.74) is 7.18. The van der Waals surface area contributed by atoms with Crippen molar-refractivity contribution in [3.8, 4) is 0 Å². The first-order valence-corrected chi connectivity index (χ1v) is 7.04. The quantitative estimate of drug-likeness (QED) is 0.639. The topological polar surface area (TPSA) is 66.6 Å². The molecular formula is C16H23N3O2. The van der Waals surface area contributed by atoms with Crippen LogP contribution in [0.3, 0.4) is 0 Å². The molecule has 0 spiro atoms. The van der Waals surface area contributed by atoms with Crippen molar-refractivity contribution in [2.45, 2.75) is 13.8 Å². The number of anilines is 1. The summed E-state index contributed by atoms with van der Waals surface area (Å²) in [4.78, 5) is 27.0. The van der Waals surface area contributed by atoms with Crippen LogP contribution < -0.4 is 5.73 Å². The van der Waals surface area contributed by atoms with E-state index in [1.54, 1.807) is 30.2 Å². The van der Waals surface area contributed by atoms with Crippen LogP contribution in [-0.2, 0) is 9.59 Å². The molecule has 1 aromatic carbocycles. The summed E-state index contributed by atoms with van der Waals surface area (Å²) in [6, 6.07) is 7.26. The summed E-state index contributed by atoms with van der Waals surface area (Å²) < 4.78 is 0. The van der Waals surface area contributed by atoms with Crippen LogP contribution >= 0.6 is 0 Å². The molecule has 0 heterocycles. The molecule has 0 aromatic heterocycles. The molecule has 0 aliphatic rings. The summed E-state index contributed by atoms with van der Waals surface area (Å²) in [6.45, 7) is 5.22. The summed E-state index contributed by atoms with van der Waals surface area (Å²) in [7, 11) is 1.62. The summed E-state index contributed by atoms with van der Waals surface area (Å²) >= 11 is 0. The highest BCUT2D eigenvalue weighted by atomic mass is 16.2. The molecule has 0 saturated carbocycles.